The van der Waals surface area contributed by atoms with Crippen LogP contribution in [0.4, 0.5) is 0 Å². The number of hydrogen-bond donors (Lipinski definition) is 3. The van der Waals surface area contributed by atoms with Crippen LogP contribution < -0.4 is 16.4 Å². The highest BCUT2D eigenvalue weighted by molar-refractivity contribution is 6.05. The van der Waals surface area contributed by atoms with Gasteiger partial charge in [0.05, 0.1) is 0 Å². The zero-order chi connectivity index (χ0) is 22.7. The van der Waals surface area contributed by atoms with Crippen LogP contribution in [0.2, 0.25) is 0 Å². The molecule has 1 saturated carbocycles. The first-order valence-corrected chi connectivity index (χ1v) is 11.2. The molecule has 2 fully saturated rings. The van der Waals surface area contributed by atoms with Crippen LogP contribution in [0.1, 0.15) is 72.9 Å². The quantitative estimate of drug-likeness (QED) is 0.480. The predicted octanol–water partition coefficient (Wildman–Crippen LogP) is 0.965. The van der Waals surface area contributed by atoms with Gasteiger partial charge in [-0.25, -0.2) is 0 Å². The van der Waals surface area contributed by atoms with E-state index in [1.165, 1.54) is 4.90 Å². The molecule has 1 aliphatic carbocycles. The molecule has 0 radical (unpaired) electrons. The van der Waals surface area contributed by atoms with E-state index < -0.39 is 11.9 Å². The summed E-state index contributed by atoms with van der Waals surface area (Å²) in [5, 5.41) is 5.37. The normalized spacial score (nSPS) is 25.0. The van der Waals surface area contributed by atoms with Crippen LogP contribution in [0, 0.1) is 11.8 Å². The SMILES string of the molecule is NC1CCC(NC(=O)CCC#Cc2cccc3c2CN(C2CCC(=O)NC2=O)C3=O)CC1. The van der Waals surface area contributed by atoms with Gasteiger partial charge in [0.25, 0.3) is 5.91 Å². The molecule has 0 aromatic heterocycles. The maximum Gasteiger partial charge on any atom is 0.255 e. The summed E-state index contributed by atoms with van der Waals surface area (Å²) in [6, 6.07) is 5.16. The molecule has 0 bridgehead atoms. The Bertz CT molecular complexity index is 1000. The number of hydrogen-bond acceptors (Lipinski definition) is 5. The van der Waals surface area contributed by atoms with Gasteiger partial charge < -0.3 is 16.0 Å². The van der Waals surface area contributed by atoms with E-state index in [0.29, 0.717) is 24.8 Å². The molecule has 8 heteroatoms. The minimum atomic E-state index is -0.647. The molecule has 1 aromatic carbocycles. The lowest BCUT2D eigenvalue weighted by molar-refractivity contribution is -0.137. The lowest BCUT2D eigenvalue weighted by Gasteiger charge is -2.29. The molecule has 1 unspecified atom stereocenters. The van der Waals surface area contributed by atoms with Gasteiger partial charge in [0.2, 0.25) is 17.7 Å². The first kappa shape index (κ1) is 22.0. The van der Waals surface area contributed by atoms with E-state index in [9.17, 15) is 19.2 Å². The number of fused-ring (bicyclic) bond motifs is 1. The van der Waals surface area contributed by atoms with Crippen LogP contribution in [-0.2, 0) is 20.9 Å². The van der Waals surface area contributed by atoms with Crippen LogP contribution in [0.25, 0.3) is 0 Å². The van der Waals surface area contributed by atoms with Crippen LogP contribution >= 0.6 is 0 Å². The molecule has 3 aliphatic rings. The third-order valence-corrected chi connectivity index (χ3v) is 6.42. The summed E-state index contributed by atoms with van der Waals surface area (Å²) in [4.78, 5) is 50.2. The topological polar surface area (TPSA) is 122 Å². The van der Waals surface area contributed by atoms with Crippen LogP contribution in [0.5, 0.6) is 0 Å². The van der Waals surface area contributed by atoms with Crippen molar-refractivity contribution in [2.45, 2.75) is 76.0 Å². The van der Waals surface area contributed by atoms with Crippen molar-refractivity contribution in [3.8, 4) is 11.8 Å². The molecule has 1 atom stereocenters. The van der Waals surface area contributed by atoms with Crippen LogP contribution in [-0.4, -0.2) is 46.7 Å². The Labute approximate surface area is 187 Å². The van der Waals surface area contributed by atoms with Crippen molar-refractivity contribution in [2.75, 3.05) is 0 Å². The molecule has 32 heavy (non-hydrogen) atoms. The highest BCUT2D eigenvalue weighted by atomic mass is 16.2. The molecule has 168 valence electrons. The minimum absolute atomic E-state index is 0.00253. The van der Waals surface area contributed by atoms with E-state index in [1.807, 2.05) is 6.07 Å². The van der Waals surface area contributed by atoms with E-state index in [1.54, 1.807) is 12.1 Å². The Balaban J connectivity index is 1.35. The summed E-state index contributed by atoms with van der Waals surface area (Å²) in [7, 11) is 0. The number of piperidine rings is 1. The fourth-order valence-corrected chi connectivity index (χ4v) is 4.60. The van der Waals surface area contributed by atoms with Crippen molar-refractivity contribution in [2.24, 2.45) is 5.73 Å². The number of carbonyl (C=O) groups excluding carboxylic acids is 4. The summed E-state index contributed by atoms with van der Waals surface area (Å²) >= 11 is 0. The predicted molar refractivity (Wildman–Crippen MR) is 117 cm³/mol. The van der Waals surface area contributed by atoms with Gasteiger partial charge in [-0.05, 0) is 49.8 Å². The second kappa shape index (κ2) is 9.53. The van der Waals surface area contributed by atoms with Gasteiger partial charge in [0.15, 0.2) is 0 Å². The Hall–Kier alpha value is -3.18. The van der Waals surface area contributed by atoms with Crippen LogP contribution in [0.15, 0.2) is 18.2 Å². The summed E-state index contributed by atoms with van der Waals surface area (Å²) in [6.45, 7) is 0.287. The highest BCUT2D eigenvalue weighted by Gasteiger charge is 2.39. The van der Waals surface area contributed by atoms with Crippen molar-refractivity contribution >= 4 is 23.6 Å². The fourth-order valence-electron chi connectivity index (χ4n) is 4.60. The van der Waals surface area contributed by atoms with Crippen molar-refractivity contribution in [1.82, 2.24) is 15.5 Å². The van der Waals surface area contributed by atoms with E-state index in [4.69, 9.17) is 5.73 Å². The number of benzene rings is 1. The summed E-state index contributed by atoms with van der Waals surface area (Å²) in [6.07, 6.45) is 5.03. The zero-order valence-corrected chi connectivity index (χ0v) is 18.0. The van der Waals surface area contributed by atoms with Crippen molar-refractivity contribution in [3.05, 3.63) is 34.9 Å². The Morgan fingerprint density at radius 3 is 2.69 bits per heavy atom. The molecule has 0 spiro atoms. The molecule has 4 amide bonds. The standard InChI is InChI=1S/C24H28N4O4/c25-16-8-10-17(11-9-16)26-21(29)7-2-1-4-15-5-3-6-18-19(15)14-28(24(18)32)20-12-13-22(30)27-23(20)31/h3,5-6,16-17,20H,2,7-14,25H2,(H,26,29)(H,27,30,31). The van der Waals surface area contributed by atoms with Gasteiger partial charge in [0, 0.05) is 49.0 Å². The molecule has 4 rings (SSSR count). The number of amides is 4. The lowest BCUT2D eigenvalue weighted by Crippen LogP contribution is -2.52. The number of rotatable bonds is 4. The molecule has 1 saturated heterocycles. The number of carbonyl (C=O) groups is 4. The molecular formula is C24H28N4O4. The molecule has 8 nitrogen and oxygen atoms in total. The zero-order valence-electron chi connectivity index (χ0n) is 18.0. The second-order valence-electron chi connectivity index (χ2n) is 8.71. The maximum absolute atomic E-state index is 12.9. The van der Waals surface area contributed by atoms with Gasteiger partial charge in [-0.15, -0.1) is 0 Å². The third kappa shape index (κ3) is 4.83. The second-order valence-corrected chi connectivity index (χ2v) is 8.71. The minimum Gasteiger partial charge on any atom is -0.353 e. The van der Waals surface area contributed by atoms with Gasteiger partial charge in [-0.1, -0.05) is 17.9 Å². The number of nitrogens with one attached hydrogen (secondary N) is 2. The summed E-state index contributed by atoms with van der Waals surface area (Å²) in [5.41, 5.74) is 7.96. The van der Waals surface area contributed by atoms with E-state index in [0.717, 1.165) is 36.8 Å². The molecule has 4 N–H and O–H groups in total. The Morgan fingerprint density at radius 2 is 1.94 bits per heavy atom. The van der Waals surface area contributed by atoms with Gasteiger partial charge in [0.1, 0.15) is 6.04 Å². The van der Waals surface area contributed by atoms with Crippen molar-refractivity contribution in [3.63, 3.8) is 0 Å². The van der Waals surface area contributed by atoms with Crippen LogP contribution in [0.3, 0.4) is 0 Å². The Kier molecular flexibility index (Phi) is 6.56. The van der Waals surface area contributed by atoms with Gasteiger partial charge >= 0.3 is 0 Å². The highest BCUT2D eigenvalue weighted by Crippen LogP contribution is 2.29. The van der Waals surface area contributed by atoms with Crippen molar-refractivity contribution < 1.29 is 19.2 Å². The fraction of sp³-hybridized carbons (Fsp3) is 0.500. The average molecular weight is 437 g/mol. The van der Waals surface area contributed by atoms with E-state index in [2.05, 4.69) is 22.5 Å². The largest absolute Gasteiger partial charge is 0.353 e. The summed E-state index contributed by atoms with van der Waals surface area (Å²) < 4.78 is 0. The first-order valence-electron chi connectivity index (χ1n) is 11.2. The molecule has 2 aliphatic heterocycles. The monoisotopic (exact) mass is 436 g/mol. The van der Waals surface area contributed by atoms with Crippen molar-refractivity contribution in [1.29, 1.82) is 0 Å². The Morgan fingerprint density at radius 1 is 1.16 bits per heavy atom. The smallest absolute Gasteiger partial charge is 0.255 e. The number of nitrogens with two attached hydrogens (primary N) is 1. The molecule has 2 heterocycles. The van der Waals surface area contributed by atoms with E-state index in [-0.39, 0.29) is 42.8 Å². The van der Waals surface area contributed by atoms with Gasteiger partial charge in [-0.2, -0.15) is 0 Å². The summed E-state index contributed by atoms with van der Waals surface area (Å²) in [5.74, 6) is 5.18. The maximum atomic E-state index is 12.9. The lowest BCUT2D eigenvalue weighted by atomic mass is 9.92. The molecular weight excluding hydrogens is 408 g/mol. The average Bonchev–Trinajstić information content (AvgIpc) is 3.10. The van der Waals surface area contributed by atoms with E-state index >= 15 is 0 Å². The molecule has 1 aromatic rings. The van der Waals surface area contributed by atoms with Gasteiger partial charge in [-0.3, -0.25) is 24.5 Å². The first-order chi connectivity index (χ1) is 15.4. The third-order valence-electron chi connectivity index (χ3n) is 6.42. The number of imide groups is 1. The number of nitrogens with zero attached hydrogens (tertiary/aromatic N) is 1.